The predicted molar refractivity (Wildman–Crippen MR) is 122 cm³/mol. The van der Waals surface area contributed by atoms with Gasteiger partial charge in [0.15, 0.2) is 11.0 Å². The van der Waals surface area contributed by atoms with Gasteiger partial charge in [-0.25, -0.2) is 0 Å². The van der Waals surface area contributed by atoms with Crippen molar-refractivity contribution in [3.05, 3.63) is 90.5 Å². The molecule has 0 saturated heterocycles. The Morgan fingerprint density at radius 1 is 0.900 bits per heavy atom. The molecular weight excluding hydrogens is 392 g/mol. The first-order chi connectivity index (χ1) is 14.6. The third-order valence-electron chi connectivity index (χ3n) is 4.65. The van der Waals surface area contributed by atoms with E-state index in [2.05, 4.69) is 34.6 Å². The van der Waals surface area contributed by atoms with Crippen molar-refractivity contribution in [2.24, 2.45) is 0 Å². The third-order valence-corrected chi connectivity index (χ3v) is 5.69. The van der Waals surface area contributed by atoms with Crippen molar-refractivity contribution in [1.82, 2.24) is 14.8 Å². The zero-order chi connectivity index (χ0) is 20.9. The number of carbonyl (C=O) groups is 1. The average Bonchev–Trinajstić information content (AvgIpc) is 3.19. The molecule has 1 aromatic heterocycles. The number of amides is 1. The van der Waals surface area contributed by atoms with E-state index >= 15 is 0 Å². The Morgan fingerprint density at radius 2 is 1.53 bits per heavy atom. The summed E-state index contributed by atoms with van der Waals surface area (Å²) in [6, 6.07) is 27.6. The summed E-state index contributed by atoms with van der Waals surface area (Å²) < 4.78 is 2.00. The lowest BCUT2D eigenvalue weighted by atomic mass is 10.1. The number of carbonyl (C=O) groups excluding carboxylic acids is 1. The van der Waals surface area contributed by atoms with E-state index in [-0.39, 0.29) is 11.2 Å². The highest BCUT2D eigenvalue weighted by Gasteiger charge is 2.22. The number of nitrogens with one attached hydrogen (secondary N) is 1. The normalized spacial score (nSPS) is 11.8. The average molecular weight is 415 g/mol. The molecule has 150 valence electrons. The number of thioether (sulfide) groups is 1. The molecule has 1 atom stereocenters. The molecule has 0 fully saturated rings. The van der Waals surface area contributed by atoms with Crippen molar-refractivity contribution in [2.45, 2.75) is 24.3 Å². The number of rotatable bonds is 6. The third kappa shape index (κ3) is 4.44. The molecule has 0 aliphatic carbocycles. The van der Waals surface area contributed by atoms with Crippen LogP contribution in [0.2, 0.25) is 0 Å². The molecule has 0 aliphatic heterocycles. The summed E-state index contributed by atoms with van der Waals surface area (Å²) >= 11 is 1.39. The topological polar surface area (TPSA) is 59.8 Å². The highest BCUT2D eigenvalue weighted by atomic mass is 32.2. The Labute approximate surface area is 180 Å². The fourth-order valence-electron chi connectivity index (χ4n) is 3.02. The molecule has 0 saturated carbocycles. The standard InChI is InChI=1S/C24H22N4OS/c1-17-13-15-19(16-14-17)22-26-27-24(28(22)21-11-7-4-8-12-21)30-18(2)23(29)25-20-9-5-3-6-10-20/h3-16,18H,1-2H3,(H,25,29). The van der Waals surface area contributed by atoms with Gasteiger partial charge in [0.2, 0.25) is 5.91 Å². The van der Waals surface area contributed by atoms with E-state index in [1.165, 1.54) is 17.3 Å². The maximum Gasteiger partial charge on any atom is 0.237 e. The van der Waals surface area contributed by atoms with Crippen molar-refractivity contribution in [3.8, 4) is 17.1 Å². The van der Waals surface area contributed by atoms with E-state index in [0.29, 0.717) is 5.16 Å². The molecule has 1 amide bonds. The van der Waals surface area contributed by atoms with Crippen LogP contribution in [0.3, 0.4) is 0 Å². The van der Waals surface area contributed by atoms with Crippen molar-refractivity contribution < 1.29 is 4.79 Å². The Balaban J connectivity index is 1.64. The summed E-state index contributed by atoms with van der Waals surface area (Å²) in [6.07, 6.45) is 0. The summed E-state index contributed by atoms with van der Waals surface area (Å²) in [6.45, 7) is 3.93. The molecule has 0 bridgehead atoms. The van der Waals surface area contributed by atoms with Gasteiger partial charge in [-0.05, 0) is 38.1 Å². The van der Waals surface area contributed by atoms with Gasteiger partial charge in [-0.2, -0.15) is 0 Å². The van der Waals surface area contributed by atoms with E-state index in [1.807, 2.05) is 84.3 Å². The predicted octanol–water partition coefficient (Wildman–Crippen LogP) is 5.36. The van der Waals surface area contributed by atoms with Crippen molar-refractivity contribution in [1.29, 1.82) is 0 Å². The van der Waals surface area contributed by atoms with Gasteiger partial charge < -0.3 is 5.32 Å². The quantitative estimate of drug-likeness (QED) is 0.431. The molecule has 1 N–H and O–H groups in total. The first-order valence-corrected chi connectivity index (χ1v) is 10.6. The number of hydrogen-bond acceptors (Lipinski definition) is 4. The molecule has 0 aliphatic rings. The molecule has 0 spiro atoms. The number of benzene rings is 3. The van der Waals surface area contributed by atoms with Crippen LogP contribution in [-0.4, -0.2) is 25.9 Å². The van der Waals surface area contributed by atoms with E-state index in [4.69, 9.17) is 0 Å². The number of aromatic nitrogens is 3. The molecule has 1 heterocycles. The van der Waals surface area contributed by atoms with E-state index in [9.17, 15) is 4.79 Å². The molecule has 4 aromatic rings. The fraction of sp³-hybridized carbons (Fsp3) is 0.125. The van der Waals surface area contributed by atoms with Crippen LogP contribution in [-0.2, 0) is 4.79 Å². The summed E-state index contributed by atoms with van der Waals surface area (Å²) in [5.74, 6) is 0.671. The van der Waals surface area contributed by atoms with E-state index in [0.717, 1.165) is 22.8 Å². The minimum atomic E-state index is -0.345. The van der Waals surface area contributed by atoms with Gasteiger partial charge in [0, 0.05) is 16.9 Å². The first kappa shape index (κ1) is 19.9. The lowest BCUT2D eigenvalue weighted by Crippen LogP contribution is -2.22. The number of nitrogens with zero attached hydrogens (tertiary/aromatic N) is 3. The Bertz CT molecular complexity index is 1130. The van der Waals surface area contributed by atoms with Gasteiger partial charge in [0.1, 0.15) is 0 Å². The van der Waals surface area contributed by atoms with Gasteiger partial charge in [-0.1, -0.05) is 78.0 Å². The van der Waals surface area contributed by atoms with Crippen molar-refractivity contribution in [3.63, 3.8) is 0 Å². The summed E-state index contributed by atoms with van der Waals surface area (Å²) in [5.41, 5.74) is 3.89. The summed E-state index contributed by atoms with van der Waals surface area (Å²) in [4.78, 5) is 12.7. The highest BCUT2D eigenvalue weighted by molar-refractivity contribution is 8.00. The smallest absolute Gasteiger partial charge is 0.237 e. The second-order valence-corrected chi connectivity index (χ2v) is 8.27. The van der Waals surface area contributed by atoms with Crippen molar-refractivity contribution in [2.75, 3.05) is 5.32 Å². The molecule has 1 unspecified atom stereocenters. The first-order valence-electron chi connectivity index (χ1n) is 9.72. The maximum atomic E-state index is 12.7. The van der Waals surface area contributed by atoms with Crippen LogP contribution in [0.4, 0.5) is 5.69 Å². The molecule has 0 radical (unpaired) electrons. The lowest BCUT2D eigenvalue weighted by Gasteiger charge is -2.14. The monoisotopic (exact) mass is 414 g/mol. The molecular formula is C24H22N4OS. The largest absolute Gasteiger partial charge is 0.325 e. The zero-order valence-corrected chi connectivity index (χ0v) is 17.6. The van der Waals surface area contributed by atoms with Gasteiger partial charge in [0.05, 0.1) is 5.25 Å². The second-order valence-electron chi connectivity index (χ2n) is 6.96. The number of aryl methyl sites for hydroxylation is 1. The summed E-state index contributed by atoms with van der Waals surface area (Å²) in [5, 5.41) is 12.1. The Hall–Kier alpha value is -3.38. The number of anilines is 1. The molecule has 4 rings (SSSR count). The second kappa shape index (κ2) is 8.97. The highest BCUT2D eigenvalue weighted by Crippen LogP contribution is 2.30. The van der Waals surface area contributed by atoms with Gasteiger partial charge in [-0.15, -0.1) is 10.2 Å². The van der Waals surface area contributed by atoms with Crippen molar-refractivity contribution >= 4 is 23.4 Å². The van der Waals surface area contributed by atoms with Gasteiger partial charge >= 0.3 is 0 Å². The van der Waals surface area contributed by atoms with Crippen LogP contribution in [0.1, 0.15) is 12.5 Å². The van der Waals surface area contributed by atoms with Crippen LogP contribution in [0, 0.1) is 6.92 Å². The van der Waals surface area contributed by atoms with Crippen LogP contribution in [0.25, 0.3) is 17.1 Å². The van der Waals surface area contributed by atoms with Gasteiger partial charge in [0.25, 0.3) is 0 Å². The van der Waals surface area contributed by atoms with Crippen LogP contribution < -0.4 is 5.32 Å². The van der Waals surface area contributed by atoms with Crippen LogP contribution in [0.15, 0.2) is 90.1 Å². The minimum Gasteiger partial charge on any atom is -0.325 e. The number of hydrogen-bond donors (Lipinski definition) is 1. The molecule has 30 heavy (non-hydrogen) atoms. The van der Waals surface area contributed by atoms with Crippen LogP contribution in [0.5, 0.6) is 0 Å². The SMILES string of the molecule is Cc1ccc(-c2nnc(SC(C)C(=O)Nc3ccccc3)n2-c2ccccc2)cc1. The lowest BCUT2D eigenvalue weighted by molar-refractivity contribution is -0.115. The Morgan fingerprint density at radius 3 is 2.20 bits per heavy atom. The van der Waals surface area contributed by atoms with E-state index in [1.54, 1.807) is 0 Å². The fourth-order valence-corrected chi connectivity index (χ4v) is 3.89. The minimum absolute atomic E-state index is 0.0781. The summed E-state index contributed by atoms with van der Waals surface area (Å²) in [7, 11) is 0. The maximum absolute atomic E-state index is 12.7. The van der Waals surface area contributed by atoms with Gasteiger partial charge in [-0.3, -0.25) is 9.36 Å². The van der Waals surface area contributed by atoms with Crippen LogP contribution >= 0.6 is 11.8 Å². The number of para-hydroxylation sites is 2. The molecule has 5 nitrogen and oxygen atoms in total. The zero-order valence-electron chi connectivity index (χ0n) is 16.8. The molecule has 3 aromatic carbocycles. The Kier molecular flexibility index (Phi) is 5.95. The molecule has 6 heteroatoms. The van der Waals surface area contributed by atoms with E-state index < -0.39 is 0 Å².